The third-order valence-electron chi connectivity index (χ3n) is 6.78. The van der Waals surface area contributed by atoms with Crippen molar-refractivity contribution >= 4 is 29.5 Å². The summed E-state index contributed by atoms with van der Waals surface area (Å²) in [6, 6.07) is 5.65. The molecule has 1 aromatic carbocycles. The van der Waals surface area contributed by atoms with Gasteiger partial charge in [-0.1, -0.05) is 44.2 Å². The second kappa shape index (κ2) is 14.0. The molecule has 0 aliphatic carbocycles. The molecule has 5 amide bonds. The predicted octanol–water partition coefficient (Wildman–Crippen LogP) is -1.14. The zero-order chi connectivity index (χ0) is 28.5. The van der Waals surface area contributed by atoms with Gasteiger partial charge >= 0.3 is 0 Å². The van der Waals surface area contributed by atoms with Crippen LogP contribution in [0.1, 0.15) is 39.2 Å². The molecule has 39 heavy (non-hydrogen) atoms. The molecule has 0 spiro atoms. The van der Waals surface area contributed by atoms with E-state index in [1.165, 1.54) is 11.8 Å². The third-order valence-corrected chi connectivity index (χ3v) is 6.78. The van der Waals surface area contributed by atoms with Crippen molar-refractivity contribution in [2.24, 2.45) is 5.92 Å². The molecule has 2 saturated heterocycles. The van der Waals surface area contributed by atoms with Crippen LogP contribution in [-0.2, 0) is 35.1 Å². The number of carbonyl (C=O) groups is 5. The number of aliphatic hydroxyl groups is 1. The van der Waals surface area contributed by atoms with Crippen molar-refractivity contribution in [1.82, 2.24) is 26.2 Å². The number of benzene rings is 1. The first-order valence-corrected chi connectivity index (χ1v) is 13.4. The summed E-state index contributed by atoms with van der Waals surface area (Å²) in [6.45, 7) is 4.96. The Bertz CT molecular complexity index is 1030. The molecule has 12 heteroatoms. The lowest BCUT2D eigenvalue weighted by Gasteiger charge is -2.28. The highest BCUT2D eigenvalue weighted by Crippen LogP contribution is 2.15. The van der Waals surface area contributed by atoms with Gasteiger partial charge in [-0.3, -0.25) is 24.0 Å². The molecule has 2 fully saturated rings. The van der Waals surface area contributed by atoms with Crippen LogP contribution in [0.5, 0.6) is 0 Å². The number of hydrogen-bond acceptors (Lipinski definition) is 7. The van der Waals surface area contributed by atoms with Crippen LogP contribution in [-0.4, -0.2) is 96.1 Å². The van der Waals surface area contributed by atoms with Gasteiger partial charge in [-0.15, -0.1) is 0 Å². The molecule has 2 aliphatic heterocycles. The molecule has 2 aliphatic rings. The van der Waals surface area contributed by atoms with E-state index in [9.17, 15) is 29.1 Å². The van der Waals surface area contributed by atoms with Crippen molar-refractivity contribution < 1.29 is 33.8 Å². The summed E-state index contributed by atoms with van der Waals surface area (Å²) >= 11 is 0. The van der Waals surface area contributed by atoms with Crippen LogP contribution in [0.3, 0.4) is 0 Å². The number of ether oxygens (including phenoxy) is 1. The van der Waals surface area contributed by atoms with E-state index in [0.717, 1.165) is 12.0 Å². The smallest absolute Gasteiger partial charge is 0.252 e. The van der Waals surface area contributed by atoms with E-state index >= 15 is 0 Å². The summed E-state index contributed by atoms with van der Waals surface area (Å²) in [6.07, 6.45) is -0.547. The number of nitrogens with one attached hydrogen (secondary N) is 4. The second-order valence-corrected chi connectivity index (χ2v) is 10.3. The zero-order valence-corrected chi connectivity index (χ0v) is 22.6. The number of aliphatic hydroxyl groups excluding tert-OH is 1. The fourth-order valence-corrected chi connectivity index (χ4v) is 4.57. The van der Waals surface area contributed by atoms with Crippen LogP contribution in [0.4, 0.5) is 0 Å². The van der Waals surface area contributed by atoms with E-state index in [4.69, 9.17) is 4.74 Å². The van der Waals surface area contributed by atoms with Gasteiger partial charge in [0.1, 0.15) is 24.2 Å². The number of rotatable bonds is 5. The van der Waals surface area contributed by atoms with Gasteiger partial charge in [0.25, 0.3) is 5.91 Å². The van der Waals surface area contributed by atoms with Gasteiger partial charge in [0.2, 0.25) is 23.6 Å². The molecule has 5 atom stereocenters. The maximum Gasteiger partial charge on any atom is 0.252 e. The van der Waals surface area contributed by atoms with Gasteiger partial charge < -0.3 is 36.0 Å². The molecule has 0 saturated carbocycles. The van der Waals surface area contributed by atoms with Crippen molar-refractivity contribution in [3.63, 3.8) is 0 Å². The lowest BCUT2D eigenvalue weighted by Crippen LogP contribution is -2.60. The molecule has 3 rings (SSSR count). The summed E-state index contributed by atoms with van der Waals surface area (Å²) in [5, 5.41) is 20.9. The van der Waals surface area contributed by atoms with Gasteiger partial charge in [-0.25, -0.2) is 0 Å². The topological polar surface area (TPSA) is 166 Å². The Morgan fingerprint density at radius 2 is 1.72 bits per heavy atom. The summed E-state index contributed by atoms with van der Waals surface area (Å²) in [5.74, 6) is -3.17. The van der Waals surface area contributed by atoms with E-state index in [2.05, 4.69) is 21.3 Å². The first-order chi connectivity index (χ1) is 18.6. The van der Waals surface area contributed by atoms with Gasteiger partial charge in [-0.2, -0.15) is 0 Å². The molecule has 214 valence electrons. The van der Waals surface area contributed by atoms with Crippen molar-refractivity contribution in [1.29, 1.82) is 0 Å². The SMILES string of the molecule is CC(C)[C@H]1NC(=O)CN(C(=O)[C@@H]2CCCO2)CCNC(=O)[C@H]([C@@H](C)O)NC(=O)[C@H](Cc2ccccc2)NC1=O. The third kappa shape index (κ3) is 8.49. The van der Waals surface area contributed by atoms with Gasteiger partial charge in [0, 0.05) is 26.1 Å². The van der Waals surface area contributed by atoms with E-state index in [1.54, 1.807) is 38.1 Å². The Kier molecular flexibility index (Phi) is 10.8. The summed E-state index contributed by atoms with van der Waals surface area (Å²) in [7, 11) is 0. The largest absolute Gasteiger partial charge is 0.391 e. The molecule has 5 N–H and O–H groups in total. The Labute approximate surface area is 228 Å². The summed E-state index contributed by atoms with van der Waals surface area (Å²) in [5.41, 5.74) is 0.766. The maximum absolute atomic E-state index is 13.4. The van der Waals surface area contributed by atoms with Gasteiger partial charge in [-0.05, 0) is 31.2 Å². The normalized spacial score (nSPS) is 26.5. The van der Waals surface area contributed by atoms with Crippen molar-refractivity contribution in [2.45, 2.75) is 70.4 Å². The van der Waals surface area contributed by atoms with Gasteiger partial charge in [0.05, 0.1) is 12.6 Å². The van der Waals surface area contributed by atoms with Gasteiger partial charge in [0.15, 0.2) is 0 Å². The maximum atomic E-state index is 13.4. The number of carbonyl (C=O) groups excluding carboxylic acids is 5. The second-order valence-electron chi connectivity index (χ2n) is 10.3. The molecule has 0 radical (unpaired) electrons. The average Bonchev–Trinajstić information content (AvgIpc) is 3.43. The molecule has 0 bridgehead atoms. The Morgan fingerprint density at radius 1 is 1.00 bits per heavy atom. The van der Waals surface area contributed by atoms with Crippen LogP contribution < -0.4 is 21.3 Å². The molecule has 0 unspecified atom stereocenters. The van der Waals surface area contributed by atoms with Crippen LogP contribution >= 0.6 is 0 Å². The Balaban J connectivity index is 1.90. The fraction of sp³-hybridized carbons (Fsp3) is 0.593. The zero-order valence-electron chi connectivity index (χ0n) is 22.6. The number of amides is 5. The summed E-state index contributed by atoms with van der Waals surface area (Å²) < 4.78 is 5.49. The highest BCUT2D eigenvalue weighted by Gasteiger charge is 2.34. The Morgan fingerprint density at radius 3 is 2.33 bits per heavy atom. The molecular formula is C27H39N5O7. The van der Waals surface area contributed by atoms with Crippen molar-refractivity contribution in [2.75, 3.05) is 26.2 Å². The van der Waals surface area contributed by atoms with E-state index in [1.807, 2.05) is 6.07 Å². The predicted molar refractivity (Wildman–Crippen MR) is 141 cm³/mol. The van der Waals surface area contributed by atoms with Crippen LogP contribution in [0.15, 0.2) is 30.3 Å². The minimum absolute atomic E-state index is 0.00645. The highest BCUT2D eigenvalue weighted by atomic mass is 16.5. The van der Waals surface area contributed by atoms with E-state index < -0.39 is 54.0 Å². The molecule has 12 nitrogen and oxygen atoms in total. The number of nitrogens with zero attached hydrogens (tertiary/aromatic N) is 1. The fourth-order valence-electron chi connectivity index (χ4n) is 4.57. The summed E-state index contributed by atoms with van der Waals surface area (Å²) in [4.78, 5) is 67.0. The first kappa shape index (κ1) is 30.0. The molecule has 0 aromatic heterocycles. The lowest BCUT2D eigenvalue weighted by atomic mass is 10.0. The standard InChI is InChI=1S/C27H39N5O7/c1-16(2)22-26(37)29-19(14-18-8-5-4-6-9-18)24(35)31-23(17(3)33)25(36)28-11-12-32(15-21(34)30-22)27(38)20-10-7-13-39-20/h4-6,8-9,16-17,19-20,22-23,33H,7,10-15H2,1-3H3,(H,28,36)(H,29,37)(H,30,34)(H,31,35)/t17-,19+,20+,22-,23+/m1/s1. The van der Waals surface area contributed by atoms with Crippen molar-refractivity contribution in [3.05, 3.63) is 35.9 Å². The van der Waals surface area contributed by atoms with Crippen LogP contribution in [0.25, 0.3) is 0 Å². The molecule has 1 aromatic rings. The molecular weight excluding hydrogens is 506 g/mol. The van der Waals surface area contributed by atoms with Crippen molar-refractivity contribution in [3.8, 4) is 0 Å². The minimum atomic E-state index is -1.30. The lowest BCUT2D eigenvalue weighted by molar-refractivity contribution is -0.144. The van der Waals surface area contributed by atoms with Crippen LogP contribution in [0, 0.1) is 5.92 Å². The van der Waals surface area contributed by atoms with Crippen LogP contribution in [0.2, 0.25) is 0 Å². The highest BCUT2D eigenvalue weighted by molar-refractivity contribution is 5.95. The monoisotopic (exact) mass is 545 g/mol. The minimum Gasteiger partial charge on any atom is -0.391 e. The molecule has 2 heterocycles. The quantitative estimate of drug-likeness (QED) is 0.312. The number of hydrogen-bond donors (Lipinski definition) is 5. The Hall–Kier alpha value is -3.51. The van der Waals surface area contributed by atoms with E-state index in [0.29, 0.717) is 13.0 Å². The first-order valence-electron chi connectivity index (χ1n) is 13.4. The average molecular weight is 546 g/mol. The van der Waals surface area contributed by atoms with E-state index in [-0.39, 0.29) is 37.9 Å².